The number of rotatable bonds is 2. The Morgan fingerprint density at radius 1 is 1.25 bits per heavy atom. The number of fused-ring (bicyclic) bond motifs is 1. The van der Waals surface area contributed by atoms with Crippen molar-refractivity contribution >= 4 is 17.4 Å². The van der Waals surface area contributed by atoms with E-state index in [-0.39, 0.29) is 5.91 Å². The van der Waals surface area contributed by atoms with Crippen LogP contribution in [0, 0.1) is 6.92 Å². The van der Waals surface area contributed by atoms with Crippen molar-refractivity contribution in [3.8, 4) is 11.1 Å². The fourth-order valence-corrected chi connectivity index (χ4v) is 2.98. The molecule has 0 radical (unpaired) electrons. The van der Waals surface area contributed by atoms with Crippen LogP contribution in [0.2, 0.25) is 0 Å². The summed E-state index contributed by atoms with van der Waals surface area (Å²) in [7, 11) is 0. The maximum absolute atomic E-state index is 12.9. The molecule has 0 aliphatic carbocycles. The molecular formula is C19H20N4O. The molecule has 1 aliphatic rings. The quantitative estimate of drug-likeness (QED) is 0.627. The molecule has 5 nitrogen and oxygen atoms in total. The number of aromatic nitrogens is 2. The number of hydrogen-bond donors (Lipinski definition) is 0. The number of nitrogens with zero attached hydrogens (tertiary/aromatic N) is 4. The molecule has 3 rings (SSSR count). The Morgan fingerprint density at radius 2 is 1.92 bits per heavy atom. The highest BCUT2D eigenvalue weighted by molar-refractivity contribution is 6.23. The molecule has 0 unspecified atom stereocenters. The van der Waals surface area contributed by atoms with Crippen molar-refractivity contribution in [3.05, 3.63) is 54.8 Å². The van der Waals surface area contributed by atoms with Gasteiger partial charge in [0.05, 0.1) is 11.1 Å². The Bertz CT molecular complexity index is 850. The molecule has 0 spiro atoms. The van der Waals surface area contributed by atoms with Crippen LogP contribution >= 0.6 is 0 Å². The lowest BCUT2D eigenvalue weighted by Gasteiger charge is -2.19. The van der Waals surface area contributed by atoms with Crippen LogP contribution < -0.4 is 4.90 Å². The van der Waals surface area contributed by atoms with Crippen molar-refractivity contribution < 1.29 is 4.79 Å². The van der Waals surface area contributed by atoms with E-state index in [9.17, 15) is 4.79 Å². The molecule has 2 aromatic rings. The van der Waals surface area contributed by atoms with Gasteiger partial charge >= 0.3 is 0 Å². The third-order valence-corrected chi connectivity index (χ3v) is 4.37. The van der Waals surface area contributed by atoms with E-state index >= 15 is 0 Å². The van der Waals surface area contributed by atoms with Gasteiger partial charge in [0.25, 0.3) is 0 Å². The van der Waals surface area contributed by atoms with Crippen molar-refractivity contribution in [2.45, 2.75) is 33.1 Å². The Balaban J connectivity index is 2.16. The second-order valence-corrected chi connectivity index (χ2v) is 6.38. The molecule has 0 fully saturated rings. The molecule has 1 aliphatic heterocycles. The average Bonchev–Trinajstić information content (AvgIpc) is 2.75. The van der Waals surface area contributed by atoms with Gasteiger partial charge in [-0.25, -0.2) is 15.0 Å². The molecule has 0 saturated carbocycles. The lowest BCUT2D eigenvalue weighted by molar-refractivity contribution is -0.121. The first-order valence-corrected chi connectivity index (χ1v) is 7.79. The number of benzene rings is 1. The summed E-state index contributed by atoms with van der Waals surface area (Å²) < 4.78 is 0. The van der Waals surface area contributed by atoms with E-state index in [0.29, 0.717) is 5.84 Å². The fourth-order valence-electron chi connectivity index (χ4n) is 2.98. The average molecular weight is 320 g/mol. The lowest BCUT2D eigenvalue weighted by atomic mass is 9.85. The summed E-state index contributed by atoms with van der Waals surface area (Å²) in [5.74, 6) is 1.35. The third-order valence-electron chi connectivity index (χ3n) is 4.37. The SMILES string of the molecule is C=C/N=C(\C)N1C(=O)C(C)(C)c2ccc(-c3cnc(C)nc3)cc21. The summed E-state index contributed by atoms with van der Waals surface area (Å²) in [6, 6.07) is 6.01. The van der Waals surface area contributed by atoms with Gasteiger partial charge in [0, 0.05) is 24.2 Å². The highest BCUT2D eigenvalue weighted by Gasteiger charge is 2.45. The van der Waals surface area contributed by atoms with Crippen LogP contribution in [0.3, 0.4) is 0 Å². The molecule has 5 heteroatoms. The van der Waals surface area contributed by atoms with Crippen molar-refractivity contribution in [2.75, 3.05) is 4.90 Å². The summed E-state index contributed by atoms with van der Waals surface area (Å²) in [5.41, 5.74) is 3.14. The van der Waals surface area contributed by atoms with Crippen molar-refractivity contribution in [3.63, 3.8) is 0 Å². The predicted molar refractivity (Wildman–Crippen MR) is 96.0 cm³/mol. The Morgan fingerprint density at radius 3 is 2.54 bits per heavy atom. The standard InChI is InChI=1S/C19H20N4O/c1-6-20-13(3)23-17-9-14(15-10-21-12(2)22-11-15)7-8-16(17)19(4,5)18(23)24/h6-11H,1H2,2-5H3/b20-13+. The number of amidine groups is 1. The van der Waals surface area contributed by atoms with Gasteiger partial charge in [0.15, 0.2) is 0 Å². The number of amides is 1. The van der Waals surface area contributed by atoms with Gasteiger partial charge in [-0.3, -0.25) is 9.69 Å². The highest BCUT2D eigenvalue weighted by Crippen LogP contribution is 2.43. The largest absolute Gasteiger partial charge is 0.273 e. The normalized spacial score (nSPS) is 16.2. The summed E-state index contributed by atoms with van der Waals surface area (Å²) >= 11 is 0. The first kappa shape index (κ1) is 16.1. The van der Waals surface area contributed by atoms with Gasteiger partial charge in [-0.05, 0) is 44.9 Å². The molecular weight excluding hydrogens is 300 g/mol. The number of aliphatic imine (C=N–C) groups is 1. The van der Waals surface area contributed by atoms with E-state index in [1.165, 1.54) is 6.20 Å². The maximum atomic E-state index is 12.9. The maximum Gasteiger partial charge on any atom is 0.242 e. The van der Waals surface area contributed by atoms with Crippen LogP contribution in [0.25, 0.3) is 11.1 Å². The number of carbonyl (C=O) groups excluding carboxylic acids is 1. The van der Waals surface area contributed by atoms with Gasteiger partial charge in [-0.2, -0.15) is 0 Å². The molecule has 0 saturated heterocycles. The smallest absolute Gasteiger partial charge is 0.242 e. The number of hydrogen-bond acceptors (Lipinski definition) is 4. The summed E-state index contributed by atoms with van der Waals surface area (Å²) in [5, 5.41) is 0. The van der Waals surface area contributed by atoms with Crippen LogP contribution in [0.5, 0.6) is 0 Å². The minimum absolute atomic E-state index is 0.0120. The first-order chi connectivity index (χ1) is 11.4. The second kappa shape index (κ2) is 5.67. The van der Waals surface area contributed by atoms with Gasteiger partial charge in [-0.15, -0.1) is 0 Å². The molecule has 1 amide bonds. The second-order valence-electron chi connectivity index (χ2n) is 6.38. The number of carbonyl (C=O) groups is 1. The summed E-state index contributed by atoms with van der Waals surface area (Å²) in [4.78, 5) is 27.2. The molecule has 24 heavy (non-hydrogen) atoms. The van der Waals surface area contributed by atoms with Crippen LogP contribution in [-0.2, 0) is 10.2 Å². The third kappa shape index (κ3) is 2.42. The minimum atomic E-state index is -0.588. The van der Waals surface area contributed by atoms with Crippen molar-refractivity contribution in [1.29, 1.82) is 0 Å². The van der Waals surface area contributed by atoms with Crippen LogP contribution in [0.15, 0.2) is 48.4 Å². The zero-order valence-corrected chi connectivity index (χ0v) is 14.4. The molecule has 0 atom stereocenters. The molecule has 122 valence electrons. The van der Waals surface area contributed by atoms with Crippen LogP contribution in [-0.4, -0.2) is 21.7 Å². The molecule has 0 bridgehead atoms. The van der Waals surface area contributed by atoms with E-state index in [2.05, 4.69) is 21.5 Å². The Kier molecular flexibility index (Phi) is 3.79. The topological polar surface area (TPSA) is 58.5 Å². The van der Waals surface area contributed by atoms with E-state index in [0.717, 1.165) is 28.2 Å². The Labute approximate surface area is 141 Å². The van der Waals surface area contributed by atoms with Gasteiger partial charge in [0.2, 0.25) is 5.91 Å². The lowest BCUT2D eigenvalue weighted by Crippen LogP contribution is -2.39. The van der Waals surface area contributed by atoms with E-state index in [4.69, 9.17) is 0 Å². The monoisotopic (exact) mass is 320 g/mol. The predicted octanol–water partition coefficient (Wildman–Crippen LogP) is 3.64. The van der Waals surface area contributed by atoms with Crippen molar-refractivity contribution in [2.24, 2.45) is 4.99 Å². The highest BCUT2D eigenvalue weighted by atomic mass is 16.2. The Hall–Kier alpha value is -2.82. The summed E-state index contributed by atoms with van der Waals surface area (Å²) in [6.07, 6.45) is 5.03. The van der Waals surface area contributed by atoms with E-state index in [1.807, 2.05) is 45.9 Å². The van der Waals surface area contributed by atoms with Gasteiger partial charge < -0.3 is 0 Å². The summed E-state index contributed by atoms with van der Waals surface area (Å²) in [6.45, 7) is 11.2. The first-order valence-electron chi connectivity index (χ1n) is 7.79. The number of aryl methyl sites for hydroxylation is 1. The molecule has 2 heterocycles. The number of anilines is 1. The van der Waals surface area contributed by atoms with Crippen LogP contribution in [0.4, 0.5) is 5.69 Å². The van der Waals surface area contributed by atoms with Crippen molar-refractivity contribution in [1.82, 2.24) is 9.97 Å². The van der Waals surface area contributed by atoms with E-state index in [1.54, 1.807) is 17.3 Å². The van der Waals surface area contributed by atoms with Crippen LogP contribution in [0.1, 0.15) is 32.2 Å². The van der Waals surface area contributed by atoms with Gasteiger partial charge in [0.1, 0.15) is 11.7 Å². The zero-order valence-electron chi connectivity index (χ0n) is 14.4. The molecule has 1 aromatic carbocycles. The molecule has 1 aromatic heterocycles. The minimum Gasteiger partial charge on any atom is -0.273 e. The van der Waals surface area contributed by atoms with E-state index < -0.39 is 5.41 Å². The molecule has 0 N–H and O–H groups in total. The zero-order chi connectivity index (χ0) is 17.5. The van der Waals surface area contributed by atoms with Gasteiger partial charge in [-0.1, -0.05) is 18.7 Å². The fraction of sp³-hybridized carbons (Fsp3) is 0.263.